The van der Waals surface area contributed by atoms with Crippen LogP contribution >= 0.6 is 0 Å². The summed E-state index contributed by atoms with van der Waals surface area (Å²) >= 11 is 0. The van der Waals surface area contributed by atoms with Crippen LogP contribution in [-0.2, 0) is 4.74 Å². The van der Waals surface area contributed by atoms with Crippen LogP contribution in [-0.4, -0.2) is 23.0 Å². The van der Waals surface area contributed by atoms with Gasteiger partial charge < -0.3 is 21.1 Å². The number of nitrogens with zero attached hydrogens (tertiary/aromatic N) is 2. The number of para-hydroxylation sites is 1. The van der Waals surface area contributed by atoms with Crippen LogP contribution < -0.4 is 16.4 Å². The highest BCUT2D eigenvalue weighted by molar-refractivity contribution is 5.97. The number of nitrogen functional groups attached to an aromatic ring is 1. The van der Waals surface area contributed by atoms with Gasteiger partial charge in [0.05, 0.1) is 18.4 Å². The summed E-state index contributed by atoms with van der Waals surface area (Å²) in [6.45, 7) is 2.02. The first-order chi connectivity index (χ1) is 12.6. The molecule has 0 spiro atoms. The van der Waals surface area contributed by atoms with Gasteiger partial charge in [0, 0.05) is 5.69 Å². The summed E-state index contributed by atoms with van der Waals surface area (Å²) in [5.41, 5.74) is 9.50. The van der Waals surface area contributed by atoms with Crippen LogP contribution in [0.4, 0.5) is 28.7 Å². The van der Waals surface area contributed by atoms with E-state index < -0.39 is 5.97 Å². The SMILES string of the molecule is COC(=O)c1ccccc1Nc1ncnc(Nc2ccc(C)cc2)c1N. The number of rotatable bonds is 5. The van der Waals surface area contributed by atoms with Gasteiger partial charge in [0.15, 0.2) is 11.6 Å². The van der Waals surface area contributed by atoms with E-state index in [4.69, 9.17) is 10.5 Å². The number of aromatic nitrogens is 2. The molecule has 132 valence electrons. The van der Waals surface area contributed by atoms with E-state index in [9.17, 15) is 4.79 Å². The summed E-state index contributed by atoms with van der Waals surface area (Å²) in [5.74, 6) is 0.423. The molecule has 0 radical (unpaired) electrons. The number of aryl methyl sites for hydroxylation is 1. The fourth-order valence-corrected chi connectivity index (χ4v) is 2.38. The highest BCUT2D eigenvalue weighted by atomic mass is 16.5. The second-order valence-electron chi connectivity index (χ2n) is 5.64. The van der Waals surface area contributed by atoms with Crippen molar-refractivity contribution < 1.29 is 9.53 Å². The first-order valence-electron chi connectivity index (χ1n) is 7.97. The fourth-order valence-electron chi connectivity index (χ4n) is 2.38. The zero-order valence-corrected chi connectivity index (χ0v) is 14.5. The van der Waals surface area contributed by atoms with Crippen molar-refractivity contribution in [2.45, 2.75) is 6.92 Å². The molecule has 0 saturated heterocycles. The van der Waals surface area contributed by atoms with Gasteiger partial charge >= 0.3 is 5.97 Å². The second kappa shape index (κ2) is 7.52. The Hall–Kier alpha value is -3.61. The molecule has 3 aromatic rings. The van der Waals surface area contributed by atoms with Gasteiger partial charge in [0.25, 0.3) is 0 Å². The van der Waals surface area contributed by atoms with Gasteiger partial charge in [0.1, 0.15) is 12.0 Å². The molecule has 0 aliphatic rings. The molecule has 3 rings (SSSR count). The molecule has 7 nitrogen and oxygen atoms in total. The van der Waals surface area contributed by atoms with E-state index in [1.54, 1.807) is 24.3 Å². The van der Waals surface area contributed by atoms with Gasteiger partial charge in [-0.15, -0.1) is 0 Å². The molecule has 0 unspecified atom stereocenters. The van der Waals surface area contributed by atoms with Gasteiger partial charge in [-0.25, -0.2) is 14.8 Å². The van der Waals surface area contributed by atoms with Crippen LogP contribution in [0.15, 0.2) is 54.9 Å². The quantitative estimate of drug-likeness (QED) is 0.604. The number of hydrogen-bond acceptors (Lipinski definition) is 7. The van der Waals surface area contributed by atoms with Gasteiger partial charge in [-0.3, -0.25) is 0 Å². The van der Waals surface area contributed by atoms with Crippen molar-refractivity contribution in [2.24, 2.45) is 0 Å². The normalized spacial score (nSPS) is 10.2. The van der Waals surface area contributed by atoms with E-state index in [2.05, 4.69) is 20.6 Å². The molecule has 1 heterocycles. The van der Waals surface area contributed by atoms with Gasteiger partial charge in [-0.2, -0.15) is 0 Å². The number of carbonyl (C=O) groups excluding carboxylic acids is 1. The Balaban J connectivity index is 1.88. The first-order valence-corrected chi connectivity index (χ1v) is 7.97. The second-order valence-corrected chi connectivity index (χ2v) is 5.64. The monoisotopic (exact) mass is 349 g/mol. The number of nitrogens with two attached hydrogens (primary N) is 1. The summed E-state index contributed by atoms with van der Waals surface area (Å²) in [6, 6.07) is 14.8. The Morgan fingerprint density at radius 2 is 1.65 bits per heavy atom. The smallest absolute Gasteiger partial charge is 0.339 e. The molecule has 0 saturated carbocycles. The topological polar surface area (TPSA) is 102 Å². The highest BCUT2D eigenvalue weighted by Gasteiger charge is 2.14. The van der Waals surface area contributed by atoms with Crippen LogP contribution in [0.1, 0.15) is 15.9 Å². The average Bonchev–Trinajstić information content (AvgIpc) is 2.66. The van der Waals surface area contributed by atoms with E-state index >= 15 is 0 Å². The molecule has 0 fully saturated rings. The lowest BCUT2D eigenvalue weighted by atomic mass is 10.2. The molecular weight excluding hydrogens is 330 g/mol. The van der Waals surface area contributed by atoms with Crippen molar-refractivity contribution in [3.8, 4) is 0 Å². The number of esters is 1. The first kappa shape index (κ1) is 17.2. The largest absolute Gasteiger partial charge is 0.465 e. The predicted molar refractivity (Wildman–Crippen MR) is 102 cm³/mol. The summed E-state index contributed by atoms with van der Waals surface area (Å²) in [5, 5.41) is 6.24. The number of ether oxygens (including phenoxy) is 1. The number of hydrogen-bond donors (Lipinski definition) is 3. The molecular formula is C19H19N5O2. The Bertz CT molecular complexity index is 925. The Morgan fingerprint density at radius 1 is 1.00 bits per heavy atom. The van der Waals surface area contributed by atoms with E-state index in [-0.39, 0.29) is 0 Å². The van der Waals surface area contributed by atoms with Crippen LogP contribution in [0.5, 0.6) is 0 Å². The summed E-state index contributed by atoms with van der Waals surface area (Å²) in [7, 11) is 1.34. The maximum atomic E-state index is 11.9. The highest BCUT2D eigenvalue weighted by Crippen LogP contribution is 2.29. The van der Waals surface area contributed by atoms with Crippen molar-refractivity contribution in [1.82, 2.24) is 9.97 Å². The predicted octanol–water partition coefficient (Wildman–Crippen LogP) is 3.64. The molecule has 1 aromatic heterocycles. The molecule has 0 aliphatic heterocycles. The number of carbonyl (C=O) groups is 1. The van der Waals surface area contributed by atoms with Gasteiger partial charge in [-0.1, -0.05) is 29.8 Å². The molecule has 26 heavy (non-hydrogen) atoms. The minimum Gasteiger partial charge on any atom is -0.465 e. The number of nitrogens with one attached hydrogen (secondary N) is 2. The summed E-state index contributed by atoms with van der Waals surface area (Å²) in [4.78, 5) is 20.3. The van der Waals surface area contributed by atoms with E-state index in [0.29, 0.717) is 28.6 Å². The zero-order chi connectivity index (χ0) is 18.5. The molecule has 0 amide bonds. The molecule has 2 aromatic carbocycles. The molecule has 4 N–H and O–H groups in total. The molecule has 0 atom stereocenters. The third-order valence-electron chi connectivity index (χ3n) is 3.78. The van der Waals surface area contributed by atoms with E-state index in [1.807, 2.05) is 31.2 Å². The number of anilines is 5. The fraction of sp³-hybridized carbons (Fsp3) is 0.105. The Labute approximate surface area is 151 Å². The molecule has 0 aliphatic carbocycles. The van der Waals surface area contributed by atoms with Crippen molar-refractivity contribution in [3.05, 3.63) is 66.0 Å². The van der Waals surface area contributed by atoms with Crippen molar-refractivity contribution in [2.75, 3.05) is 23.5 Å². The molecule has 7 heteroatoms. The lowest BCUT2D eigenvalue weighted by Gasteiger charge is -2.14. The van der Waals surface area contributed by atoms with Crippen molar-refractivity contribution in [3.63, 3.8) is 0 Å². The maximum absolute atomic E-state index is 11.9. The van der Waals surface area contributed by atoms with Crippen molar-refractivity contribution in [1.29, 1.82) is 0 Å². The zero-order valence-electron chi connectivity index (χ0n) is 14.5. The van der Waals surface area contributed by atoms with Crippen molar-refractivity contribution >= 4 is 34.7 Å². The minimum absolute atomic E-state index is 0.341. The Morgan fingerprint density at radius 3 is 2.35 bits per heavy atom. The number of benzene rings is 2. The van der Waals surface area contributed by atoms with Crippen LogP contribution in [0, 0.1) is 6.92 Å². The van der Waals surface area contributed by atoms with E-state index in [1.165, 1.54) is 13.4 Å². The summed E-state index contributed by atoms with van der Waals surface area (Å²) < 4.78 is 4.80. The standard InChI is InChI=1S/C19H19N5O2/c1-12-7-9-13(10-8-12)23-17-16(20)18(22-11-21-17)24-15-6-4-3-5-14(15)19(25)26-2/h3-11H,20H2,1-2H3,(H2,21,22,23,24). The maximum Gasteiger partial charge on any atom is 0.339 e. The lowest BCUT2D eigenvalue weighted by Crippen LogP contribution is -2.09. The lowest BCUT2D eigenvalue weighted by molar-refractivity contribution is 0.0602. The van der Waals surface area contributed by atoms with Gasteiger partial charge in [0.2, 0.25) is 0 Å². The molecule has 0 bridgehead atoms. The van der Waals surface area contributed by atoms with E-state index in [0.717, 1.165) is 11.3 Å². The Kier molecular flexibility index (Phi) is 4.98. The van der Waals surface area contributed by atoms with Crippen LogP contribution in [0.3, 0.4) is 0 Å². The average molecular weight is 349 g/mol. The van der Waals surface area contributed by atoms with Crippen LogP contribution in [0.2, 0.25) is 0 Å². The third-order valence-corrected chi connectivity index (χ3v) is 3.78. The minimum atomic E-state index is -0.446. The summed E-state index contributed by atoms with van der Waals surface area (Å²) in [6.07, 6.45) is 1.40. The van der Waals surface area contributed by atoms with Crippen LogP contribution in [0.25, 0.3) is 0 Å². The third kappa shape index (κ3) is 3.72. The van der Waals surface area contributed by atoms with Gasteiger partial charge in [-0.05, 0) is 31.2 Å². The number of methoxy groups -OCH3 is 1.